The molecule has 0 unspecified atom stereocenters. The Kier molecular flexibility index (Phi) is 3.12. The van der Waals surface area contributed by atoms with Crippen molar-refractivity contribution in [1.82, 2.24) is 0 Å². The maximum Gasteiger partial charge on any atom is 0.450 e. The van der Waals surface area contributed by atoms with Crippen molar-refractivity contribution in [3.05, 3.63) is 35.1 Å². The standard InChI is InChI=1S/C10H8F4O/c1-6-2-3-7(8(11)4-6)5-9(15)10(12,13)14/h2-4H,5H2,1H3. The van der Waals surface area contributed by atoms with Crippen molar-refractivity contribution in [2.75, 3.05) is 0 Å². The van der Waals surface area contributed by atoms with E-state index in [2.05, 4.69) is 0 Å². The van der Waals surface area contributed by atoms with Crippen LogP contribution in [0.1, 0.15) is 11.1 Å². The van der Waals surface area contributed by atoms with Gasteiger partial charge < -0.3 is 0 Å². The predicted octanol–water partition coefficient (Wildman–Crippen LogP) is 2.81. The fourth-order valence-corrected chi connectivity index (χ4v) is 1.07. The average Bonchev–Trinajstić information content (AvgIpc) is 2.08. The van der Waals surface area contributed by atoms with Gasteiger partial charge in [0.05, 0.1) is 0 Å². The molecule has 82 valence electrons. The van der Waals surface area contributed by atoms with E-state index in [1.165, 1.54) is 12.1 Å². The monoisotopic (exact) mass is 220 g/mol. The largest absolute Gasteiger partial charge is 0.450 e. The highest BCUT2D eigenvalue weighted by atomic mass is 19.4. The number of hydrogen-bond donors (Lipinski definition) is 0. The van der Waals surface area contributed by atoms with Crippen molar-refractivity contribution in [2.45, 2.75) is 19.5 Å². The summed E-state index contributed by atoms with van der Waals surface area (Å²) in [6.45, 7) is 1.61. The van der Waals surface area contributed by atoms with Gasteiger partial charge in [0.15, 0.2) is 0 Å². The molecule has 0 aromatic heterocycles. The van der Waals surface area contributed by atoms with Crippen LogP contribution in [0.5, 0.6) is 0 Å². The molecule has 0 heterocycles. The first-order valence-electron chi connectivity index (χ1n) is 4.16. The van der Waals surface area contributed by atoms with Crippen LogP contribution < -0.4 is 0 Å². The summed E-state index contributed by atoms with van der Waals surface area (Å²) in [6, 6.07) is 3.75. The summed E-state index contributed by atoms with van der Waals surface area (Å²) in [7, 11) is 0. The molecule has 15 heavy (non-hydrogen) atoms. The van der Waals surface area contributed by atoms with Gasteiger partial charge in [-0.15, -0.1) is 0 Å². The van der Waals surface area contributed by atoms with Crippen LogP contribution >= 0.6 is 0 Å². The first-order chi connectivity index (χ1) is 6.80. The molecule has 0 N–H and O–H groups in total. The number of alkyl halides is 3. The second-order valence-electron chi connectivity index (χ2n) is 3.19. The Morgan fingerprint density at radius 2 is 1.93 bits per heavy atom. The van der Waals surface area contributed by atoms with Crippen molar-refractivity contribution < 1.29 is 22.4 Å². The maximum atomic E-state index is 13.1. The summed E-state index contributed by atoms with van der Waals surface area (Å²) in [4.78, 5) is 10.6. The van der Waals surface area contributed by atoms with Crippen LogP contribution in [0.3, 0.4) is 0 Å². The van der Waals surface area contributed by atoms with E-state index in [4.69, 9.17) is 0 Å². The summed E-state index contributed by atoms with van der Waals surface area (Å²) < 4.78 is 48.7. The molecule has 1 rings (SSSR count). The van der Waals surface area contributed by atoms with E-state index >= 15 is 0 Å². The lowest BCUT2D eigenvalue weighted by Crippen LogP contribution is -2.24. The molecule has 0 aliphatic rings. The minimum Gasteiger partial charge on any atom is -0.289 e. The zero-order valence-electron chi connectivity index (χ0n) is 7.86. The molecule has 0 radical (unpaired) electrons. The van der Waals surface area contributed by atoms with E-state index in [9.17, 15) is 22.4 Å². The third-order valence-electron chi connectivity index (χ3n) is 1.88. The smallest absolute Gasteiger partial charge is 0.289 e. The molecule has 1 aromatic rings. The van der Waals surface area contributed by atoms with Crippen LogP contribution in [0.25, 0.3) is 0 Å². The lowest BCUT2D eigenvalue weighted by molar-refractivity contribution is -0.170. The fourth-order valence-electron chi connectivity index (χ4n) is 1.07. The molecule has 0 saturated carbocycles. The highest BCUT2D eigenvalue weighted by molar-refractivity contribution is 5.86. The third-order valence-corrected chi connectivity index (χ3v) is 1.88. The topological polar surface area (TPSA) is 17.1 Å². The molecule has 0 spiro atoms. The Labute approximate surface area is 83.7 Å². The average molecular weight is 220 g/mol. The van der Waals surface area contributed by atoms with Crippen LogP contribution in [0, 0.1) is 12.7 Å². The number of carbonyl (C=O) groups excluding carboxylic acids is 1. The van der Waals surface area contributed by atoms with Gasteiger partial charge in [-0.3, -0.25) is 4.79 Å². The zero-order valence-corrected chi connectivity index (χ0v) is 7.86. The van der Waals surface area contributed by atoms with Crippen molar-refractivity contribution in [3.8, 4) is 0 Å². The SMILES string of the molecule is Cc1ccc(CC(=O)C(F)(F)F)c(F)c1. The van der Waals surface area contributed by atoms with Gasteiger partial charge in [-0.1, -0.05) is 12.1 Å². The van der Waals surface area contributed by atoms with Gasteiger partial charge in [0, 0.05) is 6.42 Å². The van der Waals surface area contributed by atoms with Crippen LogP contribution in [-0.4, -0.2) is 12.0 Å². The van der Waals surface area contributed by atoms with E-state index < -0.39 is 24.2 Å². The minimum atomic E-state index is -4.91. The summed E-state index contributed by atoms with van der Waals surface area (Å²) in [5.74, 6) is -2.72. The first-order valence-corrected chi connectivity index (χ1v) is 4.16. The fraction of sp³-hybridized carbons (Fsp3) is 0.300. The Bertz CT molecular complexity index is 381. The Hall–Kier alpha value is -1.39. The zero-order chi connectivity index (χ0) is 11.6. The quantitative estimate of drug-likeness (QED) is 0.700. The predicted molar refractivity (Wildman–Crippen MR) is 45.9 cm³/mol. The minimum absolute atomic E-state index is 0.233. The molecule has 5 heteroatoms. The summed E-state index contributed by atoms with van der Waals surface area (Å²) in [5.41, 5.74) is 0.360. The second-order valence-corrected chi connectivity index (χ2v) is 3.19. The van der Waals surface area contributed by atoms with Gasteiger partial charge in [0.1, 0.15) is 5.82 Å². The van der Waals surface area contributed by atoms with Crippen LogP contribution in [-0.2, 0) is 11.2 Å². The van der Waals surface area contributed by atoms with E-state index in [1.54, 1.807) is 6.92 Å². The van der Waals surface area contributed by atoms with Gasteiger partial charge >= 0.3 is 6.18 Å². The third kappa shape index (κ3) is 3.04. The summed E-state index contributed by atoms with van der Waals surface area (Å²) in [5, 5.41) is 0. The van der Waals surface area contributed by atoms with Crippen molar-refractivity contribution in [3.63, 3.8) is 0 Å². The second kappa shape index (κ2) is 4.00. The Morgan fingerprint density at radius 3 is 2.40 bits per heavy atom. The highest BCUT2D eigenvalue weighted by Gasteiger charge is 2.38. The molecule has 0 fully saturated rings. The highest BCUT2D eigenvalue weighted by Crippen LogP contribution is 2.20. The molecule has 1 nitrogen and oxygen atoms in total. The number of ketones is 1. The van der Waals surface area contributed by atoms with E-state index in [1.807, 2.05) is 0 Å². The molecule has 0 atom stereocenters. The molecular formula is C10H8F4O. The number of hydrogen-bond acceptors (Lipinski definition) is 1. The Morgan fingerprint density at radius 1 is 1.33 bits per heavy atom. The van der Waals surface area contributed by atoms with E-state index in [0.717, 1.165) is 6.07 Å². The number of Topliss-reactive ketones (excluding diaryl/α,β-unsaturated/α-hetero) is 1. The summed E-state index contributed by atoms with van der Waals surface area (Å²) >= 11 is 0. The molecule has 0 saturated heterocycles. The van der Waals surface area contributed by atoms with Gasteiger partial charge in [0.25, 0.3) is 0 Å². The van der Waals surface area contributed by atoms with Gasteiger partial charge in [-0.2, -0.15) is 13.2 Å². The number of halogens is 4. The lowest BCUT2D eigenvalue weighted by atomic mass is 10.1. The van der Waals surface area contributed by atoms with Gasteiger partial charge in [0.2, 0.25) is 5.78 Å². The molecule has 1 aromatic carbocycles. The van der Waals surface area contributed by atoms with Crippen molar-refractivity contribution >= 4 is 5.78 Å². The molecule has 0 bridgehead atoms. The van der Waals surface area contributed by atoms with Crippen LogP contribution in [0.4, 0.5) is 17.6 Å². The summed E-state index contributed by atoms with van der Waals surface area (Å²) in [6.07, 6.45) is -5.85. The van der Waals surface area contributed by atoms with Crippen molar-refractivity contribution in [1.29, 1.82) is 0 Å². The van der Waals surface area contributed by atoms with Crippen LogP contribution in [0.2, 0.25) is 0 Å². The lowest BCUT2D eigenvalue weighted by Gasteiger charge is -2.06. The molecule has 0 aliphatic heterocycles. The maximum absolute atomic E-state index is 13.1. The van der Waals surface area contributed by atoms with Gasteiger partial charge in [-0.05, 0) is 24.1 Å². The molecule has 0 amide bonds. The van der Waals surface area contributed by atoms with E-state index in [0.29, 0.717) is 5.56 Å². The van der Waals surface area contributed by atoms with Gasteiger partial charge in [-0.25, -0.2) is 4.39 Å². The Balaban J connectivity index is 2.87. The number of benzene rings is 1. The number of aryl methyl sites for hydroxylation is 1. The molecular weight excluding hydrogens is 212 g/mol. The normalized spacial score (nSPS) is 11.5. The number of carbonyl (C=O) groups is 1. The van der Waals surface area contributed by atoms with Crippen molar-refractivity contribution in [2.24, 2.45) is 0 Å². The van der Waals surface area contributed by atoms with E-state index in [-0.39, 0.29) is 5.56 Å². The first kappa shape index (κ1) is 11.7. The number of rotatable bonds is 2. The molecule has 0 aliphatic carbocycles. The van der Waals surface area contributed by atoms with Crippen LogP contribution in [0.15, 0.2) is 18.2 Å².